The molecule has 8 heteroatoms. The van der Waals surface area contributed by atoms with Crippen LogP contribution >= 0.6 is 0 Å². The minimum Gasteiger partial charge on any atom is -0.496 e. The van der Waals surface area contributed by atoms with Gasteiger partial charge in [-0.25, -0.2) is 0 Å². The van der Waals surface area contributed by atoms with E-state index in [1.165, 1.54) is 17.9 Å². The maximum atomic E-state index is 13.4. The fourth-order valence-corrected chi connectivity index (χ4v) is 3.31. The number of alkyl halides is 3. The van der Waals surface area contributed by atoms with Crippen molar-refractivity contribution in [3.63, 3.8) is 0 Å². The van der Waals surface area contributed by atoms with Gasteiger partial charge in [-0.3, -0.25) is 14.2 Å². The number of pyridine rings is 1. The number of amides is 1. The third-order valence-electron chi connectivity index (χ3n) is 4.64. The Kier molecular flexibility index (Phi) is 5.25. The first kappa shape index (κ1) is 19.0. The number of piperidine rings is 1. The fraction of sp³-hybridized carbons (Fsp3) is 0.368. The lowest BCUT2D eigenvalue weighted by atomic mass is 10.0. The van der Waals surface area contributed by atoms with Crippen molar-refractivity contribution < 1.29 is 22.7 Å². The van der Waals surface area contributed by atoms with Crippen molar-refractivity contribution in [2.24, 2.45) is 0 Å². The van der Waals surface area contributed by atoms with Gasteiger partial charge in [0.25, 0.3) is 11.5 Å². The minimum absolute atomic E-state index is 0.0105. The van der Waals surface area contributed by atoms with Gasteiger partial charge in [0.2, 0.25) is 0 Å². The number of ether oxygens (including phenoxy) is 1. The molecule has 1 saturated heterocycles. The third-order valence-corrected chi connectivity index (χ3v) is 4.64. The van der Waals surface area contributed by atoms with Crippen molar-refractivity contribution in [3.05, 3.63) is 58.5 Å². The van der Waals surface area contributed by atoms with Crippen LogP contribution in [-0.2, 0) is 0 Å². The summed E-state index contributed by atoms with van der Waals surface area (Å²) in [5.74, 6) is -0.831. The molecule has 1 unspecified atom stereocenters. The maximum Gasteiger partial charge on any atom is 0.408 e. The lowest BCUT2D eigenvalue weighted by Gasteiger charge is -2.37. The third kappa shape index (κ3) is 3.84. The standard InChI is InChI=1S/C19H19F3N2O3/c1-27-15-11-17(25)24(13-7-3-2-4-8-13)12-14(15)18(26)23-10-6-5-9-16(23)19(20,21)22/h2-4,7-8,11-12,16H,5-6,9-10H2,1H3. The Hall–Kier alpha value is -2.77. The number of hydrogen-bond donors (Lipinski definition) is 0. The summed E-state index contributed by atoms with van der Waals surface area (Å²) >= 11 is 0. The molecule has 0 saturated carbocycles. The zero-order chi connectivity index (χ0) is 19.6. The average Bonchev–Trinajstić information content (AvgIpc) is 2.67. The zero-order valence-electron chi connectivity index (χ0n) is 14.7. The largest absolute Gasteiger partial charge is 0.496 e. The Labute approximate surface area is 154 Å². The number of carbonyl (C=O) groups excluding carboxylic acids is 1. The Morgan fingerprint density at radius 1 is 1.19 bits per heavy atom. The van der Waals surface area contributed by atoms with Crippen LogP contribution in [0.2, 0.25) is 0 Å². The number of aromatic nitrogens is 1. The summed E-state index contributed by atoms with van der Waals surface area (Å²) in [7, 11) is 1.27. The van der Waals surface area contributed by atoms with Crippen LogP contribution in [0.5, 0.6) is 5.75 Å². The van der Waals surface area contributed by atoms with Crippen molar-refractivity contribution in [1.82, 2.24) is 9.47 Å². The van der Waals surface area contributed by atoms with E-state index in [2.05, 4.69) is 0 Å². The van der Waals surface area contributed by atoms with Crippen LogP contribution < -0.4 is 10.3 Å². The Bertz CT molecular complexity index is 878. The number of likely N-dealkylation sites (tertiary alicyclic amines) is 1. The summed E-state index contributed by atoms with van der Waals surface area (Å²) < 4.78 is 46.5. The SMILES string of the molecule is COc1cc(=O)n(-c2ccccc2)cc1C(=O)N1CCCCC1C(F)(F)F. The number of methoxy groups -OCH3 is 1. The van der Waals surface area contributed by atoms with E-state index in [0.717, 1.165) is 11.0 Å². The summed E-state index contributed by atoms with van der Waals surface area (Å²) in [6.07, 6.45) is -2.47. The van der Waals surface area contributed by atoms with Crippen LogP contribution in [-0.4, -0.2) is 41.2 Å². The molecule has 5 nitrogen and oxygen atoms in total. The first-order valence-electron chi connectivity index (χ1n) is 8.56. The van der Waals surface area contributed by atoms with Gasteiger partial charge >= 0.3 is 6.18 Å². The van der Waals surface area contributed by atoms with Crippen LogP contribution in [0, 0.1) is 0 Å². The molecule has 1 aliphatic rings. The Morgan fingerprint density at radius 2 is 1.89 bits per heavy atom. The molecule has 2 aromatic rings. The molecule has 2 heterocycles. The Balaban J connectivity index is 2.06. The second-order valence-electron chi connectivity index (χ2n) is 6.35. The number of carbonyl (C=O) groups is 1. The zero-order valence-corrected chi connectivity index (χ0v) is 14.7. The average molecular weight is 380 g/mol. The number of halogens is 3. The second kappa shape index (κ2) is 7.46. The fourth-order valence-electron chi connectivity index (χ4n) is 3.31. The molecule has 27 heavy (non-hydrogen) atoms. The summed E-state index contributed by atoms with van der Waals surface area (Å²) in [6, 6.07) is 7.83. The lowest BCUT2D eigenvalue weighted by molar-refractivity contribution is -0.183. The van der Waals surface area contributed by atoms with Crippen LogP contribution in [0.1, 0.15) is 29.6 Å². The van der Waals surface area contributed by atoms with Crippen LogP contribution in [0.15, 0.2) is 47.4 Å². The van der Waals surface area contributed by atoms with Crippen LogP contribution in [0.25, 0.3) is 5.69 Å². The number of nitrogens with zero attached hydrogens (tertiary/aromatic N) is 2. The number of para-hydroxylation sites is 1. The van der Waals surface area contributed by atoms with Gasteiger partial charge in [-0.2, -0.15) is 13.2 Å². The normalized spacial score (nSPS) is 17.6. The van der Waals surface area contributed by atoms with E-state index >= 15 is 0 Å². The Morgan fingerprint density at radius 3 is 2.52 bits per heavy atom. The summed E-state index contributed by atoms with van der Waals surface area (Å²) in [5, 5.41) is 0. The van der Waals surface area contributed by atoms with Crippen molar-refractivity contribution in [2.75, 3.05) is 13.7 Å². The highest BCUT2D eigenvalue weighted by Gasteiger charge is 2.46. The highest BCUT2D eigenvalue weighted by Crippen LogP contribution is 2.33. The lowest BCUT2D eigenvalue weighted by Crippen LogP contribution is -2.51. The summed E-state index contributed by atoms with van der Waals surface area (Å²) in [5.41, 5.74) is -0.0112. The molecular weight excluding hydrogens is 361 g/mol. The number of hydrogen-bond acceptors (Lipinski definition) is 3. The molecule has 0 spiro atoms. The minimum atomic E-state index is -4.50. The van der Waals surface area contributed by atoms with E-state index in [9.17, 15) is 22.8 Å². The van der Waals surface area contributed by atoms with Gasteiger partial charge in [0, 0.05) is 24.5 Å². The van der Waals surface area contributed by atoms with Crippen molar-refractivity contribution in [3.8, 4) is 11.4 Å². The highest BCUT2D eigenvalue weighted by atomic mass is 19.4. The maximum absolute atomic E-state index is 13.4. The molecule has 144 valence electrons. The molecule has 1 aliphatic heterocycles. The summed E-state index contributed by atoms with van der Waals surface area (Å²) in [4.78, 5) is 26.1. The monoisotopic (exact) mass is 380 g/mol. The van der Waals surface area contributed by atoms with Gasteiger partial charge in [-0.15, -0.1) is 0 Å². The molecular formula is C19H19F3N2O3. The predicted molar refractivity (Wildman–Crippen MR) is 93.3 cm³/mol. The number of benzene rings is 1. The second-order valence-corrected chi connectivity index (χ2v) is 6.35. The molecule has 0 N–H and O–H groups in total. The van der Waals surface area contributed by atoms with Crippen molar-refractivity contribution in [2.45, 2.75) is 31.5 Å². The molecule has 1 fully saturated rings. The van der Waals surface area contributed by atoms with E-state index < -0.39 is 23.7 Å². The van der Waals surface area contributed by atoms with Gasteiger partial charge < -0.3 is 9.64 Å². The molecule has 1 aromatic heterocycles. The first-order chi connectivity index (χ1) is 12.8. The topological polar surface area (TPSA) is 51.5 Å². The first-order valence-corrected chi connectivity index (χ1v) is 8.56. The van der Waals surface area contributed by atoms with Gasteiger partial charge in [0.15, 0.2) is 0 Å². The smallest absolute Gasteiger partial charge is 0.408 e. The van der Waals surface area contributed by atoms with Crippen molar-refractivity contribution in [1.29, 1.82) is 0 Å². The van der Waals surface area contributed by atoms with Gasteiger partial charge in [0.05, 0.1) is 12.7 Å². The van der Waals surface area contributed by atoms with Gasteiger partial charge in [-0.05, 0) is 31.4 Å². The molecule has 1 atom stereocenters. The van der Waals surface area contributed by atoms with Crippen LogP contribution in [0.4, 0.5) is 13.2 Å². The number of rotatable bonds is 3. The molecule has 0 aliphatic carbocycles. The van der Waals surface area contributed by atoms with E-state index in [1.54, 1.807) is 30.3 Å². The molecule has 1 amide bonds. The molecule has 1 aromatic carbocycles. The van der Waals surface area contributed by atoms with Crippen molar-refractivity contribution >= 4 is 5.91 Å². The van der Waals surface area contributed by atoms with Crippen LogP contribution in [0.3, 0.4) is 0 Å². The van der Waals surface area contributed by atoms with E-state index in [-0.39, 0.29) is 24.3 Å². The van der Waals surface area contributed by atoms with Gasteiger partial charge in [0.1, 0.15) is 11.8 Å². The van der Waals surface area contributed by atoms with E-state index in [1.807, 2.05) is 0 Å². The predicted octanol–water partition coefficient (Wildman–Crippen LogP) is 3.40. The molecule has 0 radical (unpaired) electrons. The summed E-state index contributed by atoms with van der Waals surface area (Å²) in [6.45, 7) is 0.0105. The highest BCUT2D eigenvalue weighted by molar-refractivity contribution is 5.97. The molecule has 3 rings (SSSR count). The molecule has 0 bridgehead atoms. The van der Waals surface area contributed by atoms with E-state index in [4.69, 9.17) is 4.74 Å². The quantitative estimate of drug-likeness (QED) is 0.820. The van der Waals surface area contributed by atoms with Gasteiger partial charge in [-0.1, -0.05) is 18.2 Å². The van der Waals surface area contributed by atoms with E-state index in [0.29, 0.717) is 18.5 Å².